The molecule has 1 saturated carbocycles. The highest BCUT2D eigenvalue weighted by atomic mass is 16.1. The fourth-order valence-corrected chi connectivity index (χ4v) is 2.65. The van der Waals surface area contributed by atoms with Gasteiger partial charge in [0.15, 0.2) is 17.9 Å². The van der Waals surface area contributed by atoms with Crippen LogP contribution < -0.4 is 10.6 Å². The standard InChI is InChI=1S/C13H20N4O/c1-14-12-11(9-6-4-3-5-7-9)16-10(8-18)17-13(12)15-2/h8-9,14H,3-7H2,1-2H3,(H,15,16,17). The second-order valence-corrected chi connectivity index (χ2v) is 4.64. The summed E-state index contributed by atoms with van der Waals surface area (Å²) in [6, 6.07) is 0. The van der Waals surface area contributed by atoms with Crippen molar-refractivity contribution < 1.29 is 4.79 Å². The van der Waals surface area contributed by atoms with Crippen LogP contribution in [-0.4, -0.2) is 30.3 Å². The Morgan fingerprint density at radius 3 is 2.39 bits per heavy atom. The minimum Gasteiger partial charge on any atom is -0.384 e. The van der Waals surface area contributed by atoms with E-state index < -0.39 is 0 Å². The number of rotatable bonds is 4. The molecule has 0 spiro atoms. The second-order valence-electron chi connectivity index (χ2n) is 4.64. The van der Waals surface area contributed by atoms with E-state index in [1.165, 1.54) is 19.3 Å². The van der Waals surface area contributed by atoms with Crippen molar-refractivity contribution in [2.45, 2.75) is 38.0 Å². The summed E-state index contributed by atoms with van der Waals surface area (Å²) in [6.07, 6.45) is 6.79. The molecule has 1 fully saturated rings. The van der Waals surface area contributed by atoms with E-state index in [-0.39, 0.29) is 5.82 Å². The number of nitrogens with one attached hydrogen (secondary N) is 2. The SMILES string of the molecule is CNc1nc(C=O)nc(C2CCCCC2)c1NC. The van der Waals surface area contributed by atoms with Gasteiger partial charge in [0.1, 0.15) is 0 Å². The molecule has 5 nitrogen and oxygen atoms in total. The van der Waals surface area contributed by atoms with Gasteiger partial charge in [-0.1, -0.05) is 19.3 Å². The summed E-state index contributed by atoms with van der Waals surface area (Å²) in [4.78, 5) is 19.5. The predicted molar refractivity (Wildman–Crippen MR) is 72.3 cm³/mol. The maximum atomic E-state index is 10.9. The van der Waals surface area contributed by atoms with E-state index in [9.17, 15) is 4.79 Å². The number of carbonyl (C=O) groups excluding carboxylic acids is 1. The van der Waals surface area contributed by atoms with Gasteiger partial charge in [0.2, 0.25) is 0 Å². The third kappa shape index (κ3) is 2.44. The third-order valence-electron chi connectivity index (χ3n) is 3.54. The molecule has 0 saturated heterocycles. The molecule has 18 heavy (non-hydrogen) atoms. The number of carbonyl (C=O) groups is 1. The molecule has 0 atom stereocenters. The zero-order chi connectivity index (χ0) is 13.0. The molecule has 0 bridgehead atoms. The monoisotopic (exact) mass is 248 g/mol. The van der Waals surface area contributed by atoms with Crippen LogP contribution in [0.5, 0.6) is 0 Å². The Balaban J connectivity index is 2.44. The summed E-state index contributed by atoms with van der Waals surface area (Å²) < 4.78 is 0. The number of nitrogens with zero attached hydrogens (tertiary/aromatic N) is 2. The lowest BCUT2D eigenvalue weighted by Crippen LogP contribution is -2.14. The normalized spacial score (nSPS) is 16.3. The van der Waals surface area contributed by atoms with Gasteiger partial charge in [-0.05, 0) is 12.8 Å². The molecule has 2 rings (SSSR count). The van der Waals surface area contributed by atoms with Crippen LogP contribution in [0.1, 0.15) is 54.3 Å². The van der Waals surface area contributed by atoms with Crippen molar-refractivity contribution >= 4 is 17.8 Å². The second kappa shape index (κ2) is 5.80. The first-order valence-corrected chi connectivity index (χ1v) is 6.52. The van der Waals surface area contributed by atoms with Crippen LogP contribution in [0, 0.1) is 0 Å². The van der Waals surface area contributed by atoms with Gasteiger partial charge in [-0.3, -0.25) is 4.79 Å². The number of aromatic nitrogens is 2. The van der Waals surface area contributed by atoms with E-state index in [2.05, 4.69) is 20.6 Å². The van der Waals surface area contributed by atoms with E-state index in [1.807, 2.05) is 14.1 Å². The number of hydrogen-bond acceptors (Lipinski definition) is 5. The van der Waals surface area contributed by atoms with Crippen molar-refractivity contribution in [3.05, 3.63) is 11.5 Å². The van der Waals surface area contributed by atoms with E-state index in [1.54, 1.807) is 0 Å². The highest BCUT2D eigenvalue weighted by molar-refractivity contribution is 5.75. The molecule has 98 valence electrons. The minimum atomic E-state index is 0.263. The quantitative estimate of drug-likeness (QED) is 0.801. The Morgan fingerprint density at radius 1 is 1.11 bits per heavy atom. The van der Waals surface area contributed by atoms with Crippen LogP contribution in [0.2, 0.25) is 0 Å². The van der Waals surface area contributed by atoms with Crippen LogP contribution in [0.25, 0.3) is 0 Å². The summed E-state index contributed by atoms with van der Waals surface area (Å²) in [5.41, 5.74) is 1.91. The van der Waals surface area contributed by atoms with Crippen molar-refractivity contribution in [1.82, 2.24) is 9.97 Å². The molecule has 0 amide bonds. The molecule has 1 aromatic heterocycles. The van der Waals surface area contributed by atoms with Gasteiger partial charge in [0.05, 0.1) is 11.4 Å². The average molecular weight is 248 g/mol. The number of anilines is 2. The van der Waals surface area contributed by atoms with E-state index in [0.29, 0.717) is 18.0 Å². The van der Waals surface area contributed by atoms with Gasteiger partial charge in [0, 0.05) is 20.0 Å². The Hall–Kier alpha value is -1.65. The summed E-state index contributed by atoms with van der Waals surface area (Å²) >= 11 is 0. The lowest BCUT2D eigenvalue weighted by molar-refractivity contribution is 0.111. The van der Waals surface area contributed by atoms with Crippen molar-refractivity contribution in [3.8, 4) is 0 Å². The van der Waals surface area contributed by atoms with Gasteiger partial charge in [0.25, 0.3) is 0 Å². The van der Waals surface area contributed by atoms with Crippen molar-refractivity contribution in [2.24, 2.45) is 0 Å². The Bertz CT molecular complexity index is 427. The molecule has 2 N–H and O–H groups in total. The minimum absolute atomic E-state index is 0.263. The van der Waals surface area contributed by atoms with E-state index in [4.69, 9.17) is 0 Å². The molecule has 0 radical (unpaired) electrons. The van der Waals surface area contributed by atoms with Gasteiger partial charge < -0.3 is 10.6 Å². The van der Waals surface area contributed by atoms with Gasteiger partial charge in [-0.15, -0.1) is 0 Å². The molecule has 1 aliphatic rings. The first-order valence-electron chi connectivity index (χ1n) is 6.52. The molecular weight excluding hydrogens is 228 g/mol. The Kier molecular flexibility index (Phi) is 4.12. The molecule has 1 aliphatic carbocycles. The van der Waals surface area contributed by atoms with Crippen molar-refractivity contribution in [3.63, 3.8) is 0 Å². The fraction of sp³-hybridized carbons (Fsp3) is 0.615. The zero-order valence-electron chi connectivity index (χ0n) is 11.0. The molecule has 1 heterocycles. The molecule has 1 aromatic rings. The Morgan fingerprint density at radius 2 is 1.83 bits per heavy atom. The van der Waals surface area contributed by atoms with Crippen molar-refractivity contribution in [1.29, 1.82) is 0 Å². The Labute approximate surface area is 107 Å². The van der Waals surface area contributed by atoms with Crippen LogP contribution in [0.3, 0.4) is 0 Å². The first kappa shape index (κ1) is 12.8. The smallest absolute Gasteiger partial charge is 0.195 e. The highest BCUT2D eigenvalue weighted by Gasteiger charge is 2.22. The highest BCUT2D eigenvalue weighted by Crippen LogP contribution is 2.37. The molecule has 0 aromatic carbocycles. The van der Waals surface area contributed by atoms with Crippen LogP contribution in [0.4, 0.5) is 11.5 Å². The third-order valence-corrected chi connectivity index (χ3v) is 3.54. The zero-order valence-corrected chi connectivity index (χ0v) is 11.0. The molecule has 5 heteroatoms. The summed E-state index contributed by atoms with van der Waals surface area (Å²) in [5, 5.41) is 6.19. The molecule has 0 aliphatic heterocycles. The number of hydrogen-bond donors (Lipinski definition) is 2. The maximum absolute atomic E-state index is 10.9. The fourth-order valence-electron chi connectivity index (χ4n) is 2.65. The molecule has 0 unspecified atom stereocenters. The van der Waals surface area contributed by atoms with Crippen molar-refractivity contribution in [2.75, 3.05) is 24.7 Å². The lowest BCUT2D eigenvalue weighted by Gasteiger charge is -2.24. The molecular formula is C13H20N4O. The van der Waals surface area contributed by atoms with E-state index in [0.717, 1.165) is 24.2 Å². The number of aldehydes is 1. The summed E-state index contributed by atoms with van der Waals surface area (Å²) in [7, 11) is 3.68. The summed E-state index contributed by atoms with van der Waals surface area (Å²) in [6.45, 7) is 0. The summed E-state index contributed by atoms with van der Waals surface area (Å²) in [5.74, 6) is 1.41. The topological polar surface area (TPSA) is 66.9 Å². The lowest BCUT2D eigenvalue weighted by atomic mass is 9.86. The van der Waals surface area contributed by atoms with Gasteiger partial charge in [-0.2, -0.15) is 0 Å². The maximum Gasteiger partial charge on any atom is 0.195 e. The van der Waals surface area contributed by atoms with Crippen LogP contribution in [-0.2, 0) is 0 Å². The van der Waals surface area contributed by atoms with Gasteiger partial charge in [-0.25, -0.2) is 9.97 Å². The van der Waals surface area contributed by atoms with Crippen LogP contribution >= 0.6 is 0 Å². The predicted octanol–water partition coefficient (Wildman–Crippen LogP) is 2.42. The van der Waals surface area contributed by atoms with Gasteiger partial charge >= 0.3 is 0 Å². The largest absolute Gasteiger partial charge is 0.384 e. The first-order chi connectivity index (χ1) is 8.80. The average Bonchev–Trinajstić information content (AvgIpc) is 2.46. The van der Waals surface area contributed by atoms with E-state index >= 15 is 0 Å². The van der Waals surface area contributed by atoms with Crippen LogP contribution in [0.15, 0.2) is 0 Å².